The molecule has 0 bridgehead atoms. The third kappa shape index (κ3) is 5.23. The van der Waals surface area contributed by atoms with Crippen molar-refractivity contribution in [1.29, 1.82) is 0 Å². The Morgan fingerprint density at radius 3 is 2.64 bits per heavy atom. The van der Waals surface area contributed by atoms with E-state index < -0.39 is 5.91 Å². The summed E-state index contributed by atoms with van der Waals surface area (Å²) in [6, 6.07) is 5.89. The summed E-state index contributed by atoms with van der Waals surface area (Å²) in [5.41, 5.74) is 14.0. The van der Waals surface area contributed by atoms with Crippen molar-refractivity contribution in [3.8, 4) is 0 Å². The van der Waals surface area contributed by atoms with Crippen LogP contribution in [0.25, 0.3) is 10.2 Å². The molecule has 0 aromatic carbocycles. The maximum Gasteiger partial charge on any atom is 0.260 e. The minimum Gasteiger partial charge on any atom is -0.397 e. The number of hydrogen-bond acceptors (Lipinski definition) is 8. The molecule has 3 aromatic heterocycles. The molecule has 0 unspecified atom stereocenters. The number of anilines is 3. The smallest absolute Gasteiger partial charge is 0.260 e. The van der Waals surface area contributed by atoms with Crippen molar-refractivity contribution < 1.29 is 9.59 Å². The number of nitrogens with two attached hydrogens (primary N) is 2. The Labute approximate surface area is 196 Å². The van der Waals surface area contributed by atoms with Gasteiger partial charge in [0.1, 0.15) is 15.5 Å². The van der Waals surface area contributed by atoms with Crippen molar-refractivity contribution in [2.75, 3.05) is 35.6 Å². The highest BCUT2D eigenvalue weighted by atomic mass is 32.1. The number of pyridine rings is 2. The number of rotatable bonds is 8. The van der Waals surface area contributed by atoms with Crippen LogP contribution in [-0.2, 0) is 11.2 Å². The van der Waals surface area contributed by atoms with Crippen LogP contribution in [0.4, 0.5) is 17.2 Å². The molecule has 0 atom stereocenters. The summed E-state index contributed by atoms with van der Waals surface area (Å²) in [6.45, 7) is 4.04. The number of aryl methyl sites for hydroxylation is 1. The molecule has 4 rings (SSSR count). The number of thiophene rings is 1. The minimum atomic E-state index is -0.514. The van der Waals surface area contributed by atoms with Gasteiger partial charge in [-0.05, 0) is 43.0 Å². The number of piperidine rings is 1. The Bertz CT molecular complexity index is 1140. The molecule has 1 saturated heterocycles. The number of nitrogens with one attached hydrogen (secondary N) is 2. The number of hydrogen-bond donors (Lipinski definition) is 4. The molecule has 4 heterocycles. The predicted octanol–water partition coefficient (Wildman–Crippen LogP) is 2.52. The molecule has 6 N–H and O–H groups in total. The minimum absolute atomic E-state index is 0.0690. The summed E-state index contributed by atoms with van der Waals surface area (Å²) in [4.78, 5) is 36.1. The lowest BCUT2D eigenvalue weighted by Crippen LogP contribution is -2.45. The van der Waals surface area contributed by atoms with E-state index in [9.17, 15) is 9.59 Å². The van der Waals surface area contributed by atoms with Gasteiger partial charge in [0.25, 0.3) is 5.91 Å². The van der Waals surface area contributed by atoms with Crippen molar-refractivity contribution in [3.63, 3.8) is 0 Å². The topological polar surface area (TPSA) is 139 Å². The summed E-state index contributed by atoms with van der Waals surface area (Å²) in [5.74, 6) is 0.317. The largest absolute Gasteiger partial charge is 0.397 e. The molecule has 0 aliphatic carbocycles. The number of amides is 2. The zero-order valence-corrected chi connectivity index (χ0v) is 19.5. The molecule has 1 fully saturated rings. The van der Waals surface area contributed by atoms with Crippen LogP contribution in [0, 0.1) is 0 Å². The first-order valence-corrected chi connectivity index (χ1v) is 12.0. The predicted molar refractivity (Wildman–Crippen MR) is 133 cm³/mol. The Morgan fingerprint density at radius 1 is 1.24 bits per heavy atom. The number of carbonyl (C=O) groups is 2. The molecule has 2 amide bonds. The molecule has 0 spiro atoms. The van der Waals surface area contributed by atoms with Crippen molar-refractivity contribution in [1.82, 2.24) is 15.3 Å². The average molecular weight is 468 g/mol. The maximum absolute atomic E-state index is 12.2. The summed E-state index contributed by atoms with van der Waals surface area (Å²) >= 11 is 1.26. The Morgan fingerprint density at radius 2 is 1.97 bits per heavy atom. The number of fused-ring (bicyclic) bond motifs is 1. The quantitative estimate of drug-likeness (QED) is 0.399. The number of nitrogens with zero attached hydrogens (tertiary/aromatic N) is 3. The van der Waals surface area contributed by atoms with Crippen LogP contribution in [0.5, 0.6) is 0 Å². The van der Waals surface area contributed by atoms with Gasteiger partial charge in [0.15, 0.2) is 0 Å². The molecule has 9 nitrogen and oxygen atoms in total. The van der Waals surface area contributed by atoms with Gasteiger partial charge in [-0.3, -0.25) is 14.6 Å². The first kappa shape index (κ1) is 22.9. The van der Waals surface area contributed by atoms with Gasteiger partial charge in [-0.15, -0.1) is 11.3 Å². The van der Waals surface area contributed by atoms with Gasteiger partial charge in [-0.25, -0.2) is 4.98 Å². The van der Waals surface area contributed by atoms with E-state index >= 15 is 0 Å². The number of aromatic nitrogens is 2. The third-order valence-electron chi connectivity index (χ3n) is 5.84. The van der Waals surface area contributed by atoms with Gasteiger partial charge in [-0.1, -0.05) is 13.3 Å². The van der Waals surface area contributed by atoms with E-state index in [1.807, 2.05) is 0 Å². The highest BCUT2D eigenvalue weighted by molar-refractivity contribution is 7.21. The van der Waals surface area contributed by atoms with Gasteiger partial charge in [0.05, 0.1) is 12.2 Å². The normalized spacial score (nSPS) is 14.5. The second-order valence-corrected chi connectivity index (χ2v) is 9.20. The third-order valence-corrected chi connectivity index (χ3v) is 6.96. The summed E-state index contributed by atoms with van der Waals surface area (Å²) < 4.78 is 0. The Balaban J connectivity index is 1.39. The molecular formula is C23H29N7O2S. The molecule has 0 radical (unpaired) electrons. The molecule has 1 aliphatic heterocycles. The van der Waals surface area contributed by atoms with Crippen LogP contribution >= 0.6 is 11.3 Å². The molecule has 3 aromatic rings. The van der Waals surface area contributed by atoms with E-state index in [0.717, 1.165) is 66.1 Å². The van der Waals surface area contributed by atoms with Gasteiger partial charge in [0.2, 0.25) is 5.91 Å². The fourth-order valence-corrected chi connectivity index (χ4v) is 5.17. The number of nitrogen functional groups attached to an aromatic ring is 1. The lowest BCUT2D eigenvalue weighted by molar-refractivity contribution is -0.115. The van der Waals surface area contributed by atoms with Gasteiger partial charge >= 0.3 is 0 Å². The SMILES string of the molecule is CCCc1cc(N2CCC(NCC(=O)Nc3ccncc3)CC2)nc2sc(C(N)=O)c(N)c12. The van der Waals surface area contributed by atoms with Gasteiger partial charge < -0.3 is 27.0 Å². The Hall–Kier alpha value is -3.24. The Kier molecular flexibility index (Phi) is 7.05. The molecule has 10 heteroatoms. The van der Waals surface area contributed by atoms with Crippen LogP contribution in [0.15, 0.2) is 30.6 Å². The summed E-state index contributed by atoms with van der Waals surface area (Å²) in [5, 5.41) is 7.08. The molecular weight excluding hydrogens is 438 g/mol. The fraction of sp³-hybridized carbons (Fsp3) is 0.391. The lowest BCUT2D eigenvalue weighted by atomic mass is 10.0. The standard InChI is InChI=1S/C23H29N7O2S/c1-2-3-14-12-17(29-23-19(14)20(24)21(33-23)22(25)32)30-10-6-15(7-11-30)27-13-18(31)28-16-4-8-26-9-5-16/h4-5,8-9,12,15,27H,2-3,6-7,10-11,13,24H2,1H3,(H2,25,32)(H,26,28,31). The van der Waals surface area contributed by atoms with Gasteiger partial charge in [0, 0.05) is 42.6 Å². The van der Waals surface area contributed by atoms with Crippen LogP contribution in [-0.4, -0.2) is 47.5 Å². The maximum atomic E-state index is 12.2. The second kappa shape index (κ2) is 10.1. The van der Waals surface area contributed by atoms with E-state index in [-0.39, 0.29) is 18.5 Å². The molecule has 1 aliphatic rings. The van der Waals surface area contributed by atoms with Crippen LogP contribution in [0.3, 0.4) is 0 Å². The number of primary amides is 1. The van der Waals surface area contributed by atoms with Crippen molar-refractivity contribution in [2.24, 2.45) is 5.73 Å². The van der Waals surface area contributed by atoms with Crippen LogP contribution in [0.1, 0.15) is 41.4 Å². The summed E-state index contributed by atoms with van der Waals surface area (Å²) in [6.07, 6.45) is 6.93. The summed E-state index contributed by atoms with van der Waals surface area (Å²) in [7, 11) is 0. The van der Waals surface area contributed by atoms with E-state index in [4.69, 9.17) is 16.5 Å². The van der Waals surface area contributed by atoms with E-state index in [1.54, 1.807) is 24.5 Å². The zero-order valence-electron chi connectivity index (χ0n) is 18.6. The fourth-order valence-electron chi connectivity index (χ4n) is 4.19. The van der Waals surface area contributed by atoms with Gasteiger partial charge in [-0.2, -0.15) is 0 Å². The monoisotopic (exact) mass is 467 g/mol. The highest BCUT2D eigenvalue weighted by Crippen LogP contribution is 2.37. The number of carbonyl (C=O) groups excluding carboxylic acids is 2. The molecule has 33 heavy (non-hydrogen) atoms. The van der Waals surface area contributed by atoms with Crippen molar-refractivity contribution in [2.45, 2.75) is 38.6 Å². The second-order valence-electron chi connectivity index (χ2n) is 8.21. The first-order chi connectivity index (χ1) is 16.0. The molecule has 0 saturated carbocycles. The van der Waals surface area contributed by atoms with E-state index in [2.05, 4.69) is 33.5 Å². The molecule has 174 valence electrons. The first-order valence-electron chi connectivity index (χ1n) is 11.2. The van der Waals surface area contributed by atoms with Crippen molar-refractivity contribution >= 4 is 50.6 Å². The van der Waals surface area contributed by atoms with Crippen LogP contribution in [0.2, 0.25) is 0 Å². The highest BCUT2D eigenvalue weighted by Gasteiger charge is 2.24. The van der Waals surface area contributed by atoms with Crippen molar-refractivity contribution in [3.05, 3.63) is 41.0 Å². The zero-order chi connectivity index (χ0) is 23.4. The van der Waals surface area contributed by atoms with Crippen LogP contribution < -0.4 is 27.0 Å². The lowest BCUT2D eigenvalue weighted by Gasteiger charge is -2.33. The van der Waals surface area contributed by atoms with E-state index in [1.165, 1.54) is 11.3 Å². The average Bonchev–Trinajstić information content (AvgIpc) is 3.16. The van der Waals surface area contributed by atoms with E-state index in [0.29, 0.717) is 10.6 Å².